The number of carbonyl (C=O) groups is 3. The van der Waals surface area contributed by atoms with E-state index in [1.807, 2.05) is 7.05 Å². The van der Waals surface area contributed by atoms with Crippen LogP contribution in [-0.4, -0.2) is 72.5 Å². The zero-order valence-corrected chi connectivity index (χ0v) is 19.9. The molecule has 34 heavy (non-hydrogen) atoms. The number of hydrogen-bond donors (Lipinski definition) is 1. The molecule has 1 unspecified atom stereocenters. The minimum Gasteiger partial charge on any atom is -0.469 e. The summed E-state index contributed by atoms with van der Waals surface area (Å²) in [5.74, 6) is -1.91. The standard InChI is InChI=1S/C24H32F3N3O4/c1-14(2)29(3)17-8-9-20(18(13-17)23(33)34-4)30-11-10-19(22(30)32)28-21(31)15-6-5-7-16(12-15)24(25,26)27/h5-7,12,14,17-20H,8-11,13H2,1-4H3,(H,28,31)/t17-,18?,19+,20+/m1/s1. The van der Waals surface area contributed by atoms with Crippen LogP contribution in [0.4, 0.5) is 13.2 Å². The Morgan fingerprint density at radius 1 is 1.21 bits per heavy atom. The maximum atomic E-state index is 13.1. The predicted octanol–water partition coefficient (Wildman–Crippen LogP) is 3.09. The average Bonchev–Trinajstić information content (AvgIpc) is 3.16. The van der Waals surface area contributed by atoms with Crippen molar-refractivity contribution in [1.82, 2.24) is 15.1 Å². The molecule has 1 aromatic rings. The summed E-state index contributed by atoms with van der Waals surface area (Å²) in [7, 11) is 3.35. The molecular weight excluding hydrogens is 451 g/mol. The molecule has 0 bridgehead atoms. The number of esters is 1. The highest BCUT2D eigenvalue weighted by Crippen LogP contribution is 2.35. The van der Waals surface area contributed by atoms with Crippen molar-refractivity contribution in [2.75, 3.05) is 20.7 Å². The number of benzene rings is 1. The second kappa shape index (κ2) is 10.3. The zero-order chi connectivity index (χ0) is 25.2. The van der Waals surface area contributed by atoms with Crippen molar-refractivity contribution in [2.45, 2.75) is 69.9 Å². The van der Waals surface area contributed by atoms with Gasteiger partial charge in [-0.2, -0.15) is 13.2 Å². The summed E-state index contributed by atoms with van der Waals surface area (Å²) in [5.41, 5.74) is -1.09. The molecule has 3 rings (SSSR count). The number of ether oxygens (including phenoxy) is 1. The van der Waals surface area contributed by atoms with Crippen molar-refractivity contribution in [2.24, 2.45) is 5.92 Å². The van der Waals surface area contributed by atoms with E-state index in [4.69, 9.17) is 4.74 Å². The van der Waals surface area contributed by atoms with Crippen molar-refractivity contribution in [1.29, 1.82) is 0 Å². The molecule has 2 fully saturated rings. The fourth-order valence-corrected chi connectivity index (χ4v) is 4.95. The van der Waals surface area contributed by atoms with Crippen molar-refractivity contribution >= 4 is 17.8 Å². The van der Waals surface area contributed by atoms with Gasteiger partial charge in [0.2, 0.25) is 5.91 Å². The number of nitrogens with zero attached hydrogens (tertiary/aromatic N) is 2. The van der Waals surface area contributed by atoms with Gasteiger partial charge in [0.05, 0.1) is 18.6 Å². The van der Waals surface area contributed by atoms with Gasteiger partial charge in [-0.3, -0.25) is 14.4 Å². The molecule has 4 atom stereocenters. The summed E-state index contributed by atoms with van der Waals surface area (Å²) in [4.78, 5) is 42.2. The third kappa shape index (κ3) is 5.54. The van der Waals surface area contributed by atoms with Crippen LogP contribution in [0.5, 0.6) is 0 Å². The van der Waals surface area contributed by atoms with Gasteiger partial charge in [0.15, 0.2) is 0 Å². The molecular formula is C24H32F3N3O4. The fraction of sp³-hybridized carbons (Fsp3) is 0.625. The molecule has 1 aliphatic heterocycles. The summed E-state index contributed by atoms with van der Waals surface area (Å²) >= 11 is 0. The third-order valence-corrected chi connectivity index (χ3v) is 7.08. The topological polar surface area (TPSA) is 79.0 Å². The number of methoxy groups -OCH3 is 1. The quantitative estimate of drug-likeness (QED) is 0.630. The SMILES string of the molecule is COC(=O)C1C[C@H](N(C)C(C)C)CC[C@@H]1N1CC[C@H](NC(=O)c2cccc(C(F)(F)F)c2)C1=O. The van der Waals surface area contributed by atoms with Crippen molar-refractivity contribution in [3.8, 4) is 0 Å². The normalized spacial score (nSPS) is 25.7. The number of halogens is 3. The first kappa shape index (κ1) is 26.0. The molecule has 0 aromatic heterocycles. The lowest BCUT2D eigenvalue weighted by Crippen LogP contribution is -2.53. The van der Waals surface area contributed by atoms with E-state index in [-0.39, 0.29) is 29.5 Å². The maximum Gasteiger partial charge on any atom is 0.416 e. The summed E-state index contributed by atoms with van der Waals surface area (Å²) in [6.07, 6.45) is -2.23. The molecule has 1 aromatic carbocycles. The van der Waals surface area contributed by atoms with Gasteiger partial charge in [-0.15, -0.1) is 0 Å². The number of likely N-dealkylation sites (tertiary alicyclic amines) is 1. The van der Waals surface area contributed by atoms with Crippen molar-refractivity contribution < 1.29 is 32.3 Å². The van der Waals surface area contributed by atoms with E-state index >= 15 is 0 Å². The molecule has 1 saturated carbocycles. The Balaban J connectivity index is 1.70. The highest BCUT2D eigenvalue weighted by Gasteiger charge is 2.45. The van der Waals surface area contributed by atoms with Crippen LogP contribution >= 0.6 is 0 Å². The first-order chi connectivity index (χ1) is 15.9. The Morgan fingerprint density at radius 2 is 1.91 bits per heavy atom. The minimum atomic E-state index is -4.57. The van der Waals surface area contributed by atoms with Crippen molar-refractivity contribution in [3.63, 3.8) is 0 Å². The zero-order valence-electron chi connectivity index (χ0n) is 19.9. The van der Waals surface area contributed by atoms with Crippen LogP contribution in [0, 0.1) is 5.92 Å². The molecule has 1 N–H and O–H groups in total. The predicted molar refractivity (Wildman–Crippen MR) is 119 cm³/mol. The molecule has 2 amide bonds. The number of carbonyl (C=O) groups excluding carboxylic acids is 3. The number of hydrogen-bond acceptors (Lipinski definition) is 5. The van der Waals surface area contributed by atoms with E-state index in [9.17, 15) is 27.6 Å². The summed E-state index contributed by atoms with van der Waals surface area (Å²) < 4.78 is 44.0. The molecule has 0 spiro atoms. The maximum absolute atomic E-state index is 13.1. The Bertz CT molecular complexity index is 921. The Morgan fingerprint density at radius 3 is 2.53 bits per heavy atom. The minimum absolute atomic E-state index is 0.161. The lowest BCUT2D eigenvalue weighted by Gasteiger charge is -2.43. The molecule has 2 aliphatic rings. The number of alkyl halides is 3. The highest BCUT2D eigenvalue weighted by molar-refractivity contribution is 5.98. The second-order valence-corrected chi connectivity index (χ2v) is 9.35. The van der Waals surface area contributed by atoms with Gasteiger partial charge in [0, 0.05) is 30.2 Å². The van der Waals surface area contributed by atoms with Gasteiger partial charge in [-0.05, 0) is 64.8 Å². The lowest BCUT2D eigenvalue weighted by atomic mass is 9.80. The van der Waals surface area contributed by atoms with Gasteiger partial charge in [-0.1, -0.05) is 6.07 Å². The van der Waals surface area contributed by atoms with Gasteiger partial charge in [-0.25, -0.2) is 0 Å². The van der Waals surface area contributed by atoms with E-state index in [1.54, 1.807) is 4.90 Å². The molecule has 7 nitrogen and oxygen atoms in total. The van der Waals surface area contributed by atoms with Gasteiger partial charge >= 0.3 is 12.1 Å². The van der Waals surface area contributed by atoms with Crippen LogP contribution < -0.4 is 5.32 Å². The van der Waals surface area contributed by atoms with Crippen LogP contribution in [0.1, 0.15) is 55.5 Å². The fourth-order valence-electron chi connectivity index (χ4n) is 4.95. The number of rotatable bonds is 6. The van der Waals surface area contributed by atoms with Crippen LogP contribution in [-0.2, 0) is 20.5 Å². The number of amides is 2. The third-order valence-electron chi connectivity index (χ3n) is 7.08. The Hall–Kier alpha value is -2.62. The van der Waals surface area contributed by atoms with Crippen LogP contribution in [0.3, 0.4) is 0 Å². The smallest absolute Gasteiger partial charge is 0.416 e. The van der Waals surface area contributed by atoms with Crippen molar-refractivity contribution in [3.05, 3.63) is 35.4 Å². The van der Waals surface area contributed by atoms with E-state index < -0.39 is 29.6 Å². The van der Waals surface area contributed by atoms with Crippen LogP contribution in [0.15, 0.2) is 24.3 Å². The molecule has 188 valence electrons. The monoisotopic (exact) mass is 483 g/mol. The first-order valence-electron chi connectivity index (χ1n) is 11.5. The number of nitrogens with one attached hydrogen (secondary N) is 1. The Labute approximate surface area is 197 Å². The molecule has 1 heterocycles. The summed E-state index contributed by atoms with van der Waals surface area (Å²) in [6, 6.07) is 3.41. The highest BCUT2D eigenvalue weighted by atomic mass is 19.4. The van der Waals surface area contributed by atoms with E-state index in [0.717, 1.165) is 24.6 Å². The molecule has 0 radical (unpaired) electrons. The van der Waals surface area contributed by atoms with E-state index in [1.165, 1.54) is 13.2 Å². The lowest BCUT2D eigenvalue weighted by molar-refractivity contribution is -0.152. The summed E-state index contributed by atoms with van der Waals surface area (Å²) in [5, 5.41) is 2.57. The van der Waals surface area contributed by atoms with E-state index in [0.29, 0.717) is 31.8 Å². The van der Waals surface area contributed by atoms with Gasteiger partial charge < -0.3 is 19.9 Å². The largest absolute Gasteiger partial charge is 0.469 e. The molecule has 10 heteroatoms. The first-order valence-corrected chi connectivity index (χ1v) is 11.5. The van der Waals surface area contributed by atoms with Gasteiger partial charge in [0.25, 0.3) is 5.91 Å². The second-order valence-electron chi connectivity index (χ2n) is 9.35. The van der Waals surface area contributed by atoms with Gasteiger partial charge in [0.1, 0.15) is 6.04 Å². The molecule has 1 aliphatic carbocycles. The van der Waals surface area contributed by atoms with E-state index in [2.05, 4.69) is 24.1 Å². The Kier molecular flexibility index (Phi) is 7.90. The summed E-state index contributed by atoms with van der Waals surface area (Å²) in [6.45, 7) is 4.52. The average molecular weight is 484 g/mol. The van der Waals surface area contributed by atoms with Crippen LogP contribution in [0.2, 0.25) is 0 Å². The molecule has 1 saturated heterocycles. The van der Waals surface area contributed by atoms with Crippen LogP contribution in [0.25, 0.3) is 0 Å².